The summed E-state index contributed by atoms with van der Waals surface area (Å²) in [6, 6.07) is 15.7. The van der Waals surface area contributed by atoms with Crippen molar-refractivity contribution < 1.29 is 37.2 Å². The molecule has 1 aromatic heterocycles. The second-order valence-corrected chi connectivity index (χ2v) is 7.47. The normalized spacial score (nSPS) is 11.5. The lowest BCUT2D eigenvalue weighted by molar-refractivity contribution is -0.141. The lowest BCUT2D eigenvalue weighted by Gasteiger charge is -2.12. The first-order valence-electron chi connectivity index (χ1n) is 10.5. The standard InChI is InChI=1S/C25H20F4N2O4/c1-2-34-22-11-8-16(12-19(22)26)15-6-9-18(10-7-15)35-14-17-13-23(25(27,28)29)30-31(17)24-20(32)4-3-5-21(24)33/h3-13,32-33H,2,14H2,1H3. The fourth-order valence-electron chi connectivity index (χ4n) is 3.45. The molecule has 10 heteroatoms. The fraction of sp³-hybridized carbons (Fsp3) is 0.160. The highest BCUT2D eigenvalue weighted by Gasteiger charge is 2.35. The van der Waals surface area contributed by atoms with E-state index in [0.29, 0.717) is 23.5 Å². The van der Waals surface area contributed by atoms with E-state index in [1.54, 1.807) is 37.3 Å². The van der Waals surface area contributed by atoms with Crippen molar-refractivity contribution in [1.29, 1.82) is 0 Å². The Labute approximate surface area is 197 Å². The number of nitrogens with zero attached hydrogens (tertiary/aromatic N) is 2. The third-order valence-electron chi connectivity index (χ3n) is 5.08. The van der Waals surface area contributed by atoms with Crippen molar-refractivity contribution in [2.24, 2.45) is 0 Å². The Hall–Kier alpha value is -4.21. The summed E-state index contributed by atoms with van der Waals surface area (Å²) in [5.41, 5.74) is -0.240. The van der Waals surface area contributed by atoms with Crippen molar-refractivity contribution in [3.05, 3.63) is 83.9 Å². The second kappa shape index (κ2) is 9.57. The minimum atomic E-state index is -4.74. The first-order chi connectivity index (χ1) is 16.7. The maximum atomic E-state index is 14.2. The average Bonchev–Trinajstić information content (AvgIpc) is 3.24. The van der Waals surface area contributed by atoms with Gasteiger partial charge in [-0.1, -0.05) is 24.3 Å². The van der Waals surface area contributed by atoms with E-state index in [-0.39, 0.29) is 23.7 Å². The van der Waals surface area contributed by atoms with Gasteiger partial charge in [-0.25, -0.2) is 9.07 Å². The van der Waals surface area contributed by atoms with E-state index < -0.39 is 29.2 Å². The number of phenolic OH excluding ortho intramolecular Hbond substituents is 2. The monoisotopic (exact) mass is 488 g/mol. The molecule has 0 atom stereocenters. The van der Waals surface area contributed by atoms with Gasteiger partial charge in [-0.05, 0) is 60.5 Å². The van der Waals surface area contributed by atoms with Crippen LogP contribution in [0.4, 0.5) is 17.6 Å². The zero-order valence-electron chi connectivity index (χ0n) is 18.4. The summed E-state index contributed by atoms with van der Waals surface area (Å²) >= 11 is 0. The van der Waals surface area contributed by atoms with Crippen molar-refractivity contribution in [3.8, 4) is 39.8 Å². The van der Waals surface area contributed by atoms with Crippen molar-refractivity contribution in [3.63, 3.8) is 0 Å². The number of rotatable bonds is 7. The van der Waals surface area contributed by atoms with E-state index in [2.05, 4.69) is 5.10 Å². The van der Waals surface area contributed by atoms with Crippen LogP contribution in [0.15, 0.2) is 66.7 Å². The Balaban J connectivity index is 1.57. The van der Waals surface area contributed by atoms with Crippen LogP contribution in [0.2, 0.25) is 0 Å². The number of aromatic hydroxyl groups is 2. The Bertz CT molecular complexity index is 1310. The highest BCUT2D eigenvalue weighted by molar-refractivity contribution is 5.65. The van der Waals surface area contributed by atoms with E-state index >= 15 is 0 Å². The van der Waals surface area contributed by atoms with Crippen molar-refractivity contribution >= 4 is 0 Å². The molecule has 0 saturated heterocycles. The smallest absolute Gasteiger partial charge is 0.435 e. The van der Waals surface area contributed by atoms with Gasteiger partial charge in [0, 0.05) is 0 Å². The SMILES string of the molecule is CCOc1ccc(-c2ccc(OCc3cc(C(F)(F)F)nn3-c3c(O)cccc3O)cc2)cc1F. The van der Waals surface area contributed by atoms with Crippen molar-refractivity contribution in [2.45, 2.75) is 19.7 Å². The summed E-state index contributed by atoms with van der Waals surface area (Å²) in [6.07, 6.45) is -4.74. The third-order valence-corrected chi connectivity index (χ3v) is 5.08. The zero-order chi connectivity index (χ0) is 25.2. The first-order valence-corrected chi connectivity index (χ1v) is 10.5. The highest BCUT2D eigenvalue weighted by atomic mass is 19.4. The van der Waals surface area contributed by atoms with Crippen LogP contribution in [0.3, 0.4) is 0 Å². The Kier molecular flexibility index (Phi) is 6.54. The number of phenols is 2. The predicted octanol–water partition coefficient (Wildman–Crippen LogP) is 6.09. The summed E-state index contributed by atoms with van der Waals surface area (Å²) < 4.78 is 65.7. The average molecular weight is 488 g/mol. The Morgan fingerprint density at radius 3 is 2.14 bits per heavy atom. The summed E-state index contributed by atoms with van der Waals surface area (Å²) in [5.74, 6) is -0.902. The van der Waals surface area contributed by atoms with Crippen LogP contribution in [0.25, 0.3) is 16.8 Å². The largest absolute Gasteiger partial charge is 0.506 e. The molecule has 0 spiro atoms. The summed E-state index contributed by atoms with van der Waals surface area (Å²) in [7, 11) is 0. The number of hydrogen-bond donors (Lipinski definition) is 2. The van der Waals surface area contributed by atoms with Gasteiger partial charge in [0.05, 0.1) is 12.3 Å². The van der Waals surface area contributed by atoms with E-state index in [0.717, 1.165) is 10.7 Å². The van der Waals surface area contributed by atoms with Crippen LogP contribution in [0, 0.1) is 5.82 Å². The number of alkyl halides is 3. The molecular weight excluding hydrogens is 468 g/mol. The number of aromatic nitrogens is 2. The molecule has 4 rings (SSSR count). The number of benzene rings is 3. The molecule has 2 N–H and O–H groups in total. The van der Waals surface area contributed by atoms with Gasteiger partial charge in [0.2, 0.25) is 0 Å². The minimum Gasteiger partial charge on any atom is -0.506 e. The van der Waals surface area contributed by atoms with Gasteiger partial charge in [0.25, 0.3) is 0 Å². The van der Waals surface area contributed by atoms with Gasteiger partial charge >= 0.3 is 6.18 Å². The van der Waals surface area contributed by atoms with Gasteiger partial charge in [0.1, 0.15) is 29.5 Å². The molecule has 0 bridgehead atoms. The number of para-hydroxylation sites is 1. The molecule has 0 saturated carbocycles. The number of ether oxygens (including phenoxy) is 2. The van der Waals surface area contributed by atoms with E-state index in [4.69, 9.17) is 9.47 Å². The van der Waals surface area contributed by atoms with Crippen molar-refractivity contribution in [1.82, 2.24) is 9.78 Å². The molecular formula is C25H20F4N2O4. The van der Waals surface area contributed by atoms with Crippen LogP contribution in [-0.2, 0) is 12.8 Å². The van der Waals surface area contributed by atoms with Crippen LogP contribution in [-0.4, -0.2) is 26.6 Å². The maximum Gasteiger partial charge on any atom is 0.435 e. The molecule has 0 aliphatic rings. The second-order valence-electron chi connectivity index (χ2n) is 7.47. The zero-order valence-corrected chi connectivity index (χ0v) is 18.4. The molecule has 4 aromatic rings. The predicted molar refractivity (Wildman–Crippen MR) is 119 cm³/mol. The lowest BCUT2D eigenvalue weighted by Crippen LogP contribution is -2.08. The quantitative estimate of drug-likeness (QED) is 0.308. The molecule has 0 aliphatic heterocycles. The van der Waals surface area contributed by atoms with Gasteiger partial charge in [-0.3, -0.25) is 0 Å². The molecule has 35 heavy (non-hydrogen) atoms. The Morgan fingerprint density at radius 2 is 1.54 bits per heavy atom. The summed E-state index contributed by atoms with van der Waals surface area (Å²) in [5, 5.41) is 23.7. The van der Waals surface area contributed by atoms with E-state index in [1.165, 1.54) is 30.3 Å². The molecule has 3 aromatic carbocycles. The molecule has 0 unspecified atom stereocenters. The van der Waals surface area contributed by atoms with Gasteiger partial charge in [-0.15, -0.1) is 0 Å². The summed E-state index contributed by atoms with van der Waals surface area (Å²) in [6.45, 7) is 1.76. The highest BCUT2D eigenvalue weighted by Crippen LogP contribution is 2.35. The first kappa shape index (κ1) is 23.9. The van der Waals surface area contributed by atoms with Crippen molar-refractivity contribution in [2.75, 3.05) is 6.61 Å². The van der Waals surface area contributed by atoms with Crippen LogP contribution >= 0.6 is 0 Å². The summed E-state index contributed by atoms with van der Waals surface area (Å²) in [4.78, 5) is 0. The fourth-order valence-corrected chi connectivity index (χ4v) is 3.45. The topological polar surface area (TPSA) is 76.7 Å². The molecule has 0 aliphatic carbocycles. The van der Waals surface area contributed by atoms with Gasteiger partial charge in [0.15, 0.2) is 17.3 Å². The Morgan fingerprint density at radius 1 is 0.886 bits per heavy atom. The van der Waals surface area contributed by atoms with Crippen LogP contribution < -0.4 is 9.47 Å². The van der Waals surface area contributed by atoms with E-state index in [9.17, 15) is 27.8 Å². The molecule has 0 amide bonds. The van der Waals surface area contributed by atoms with Gasteiger partial charge < -0.3 is 19.7 Å². The molecule has 0 fully saturated rings. The molecule has 182 valence electrons. The maximum absolute atomic E-state index is 14.2. The molecule has 0 radical (unpaired) electrons. The molecule has 1 heterocycles. The molecule has 6 nitrogen and oxygen atoms in total. The number of halogens is 4. The minimum absolute atomic E-state index is 0.0493. The van der Waals surface area contributed by atoms with Crippen LogP contribution in [0.1, 0.15) is 18.3 Å². The van der Waals surface area contributed by atoms with Gasteiger partial charge in [-0.2, -0.15) is 18.3 Å². The third kappa shape index (κ3) is 5.16. The van der Waals surface area contributed by atoms with Crippen LogP contribution in [0.5, 0.6) is 23.0 Å². The lowest BCUT2D eigenvalue weighted by atomic mass is 10.1. The number of hydrogen-bond acceptors (Lipinski definition) is 5. The van der Waals surface area contributed by atoms with E-state index in [1.807, 2.05) is 0 Å².